The Labute approximate surface area is 80.7 Å². The number of aromatic amines is 1. The molecule has 0 aliphatic rings. The maximum atomic E-state index is 3.49. The van der Waals surface area contributed by atoms with Crippen LogP contribution in [0.2, 0.25) is 0 Å². The fourth-order valence-corrected chi connectivity index (χ4v) is 1.55. The minimum Gasteiger partial charge on any atom is -0.364 e. The maximum Gasteiger partial charge on any atom is 0.0359 e. The topological polar surface area (TPSA) is 27.8 Å². The third kappa shape index (κ3) is 4.13. The third-order valence-corrected chi connectivity index (χ3v) is 2.13. The highest BCUT2D eigenvalue weighted by Gasteiger charge is 2.03. The van der Waals surface area contributed by atoms with Crippen LogP contribution < -0.4 is 5.32 Å². The molecular weight excluding hydrogens is 160 g/mol. The zero-order chi connectivity index (χ0) is 9.68. The van der Waals surface area contributed by atoms with E-state index in [1.165, 1.54) is 12.1 Å². The first kappa shape index (κ1) is 10.3. The van der Waals surface area contributed by atoms with Crippen molar-refractivity contribution in [2.24, 2.45) is 5.92 Å². The third-order valence-electron chi connectivity index (χ3n) is 2.13. The first-order valence-electron chi connectivity index (χ1n) is 5.04. The summed E-state index contributed by atoms with van der Waals surface area (Å²) in [6.07, 6.45) is 3.20. The molecule has 1 rings (SSSR count). The van der Waals surface area contributed by atoms with Crippen LogP contribution in [0.1, 0.15) is 32.9 Å². The molecule has 0 aromatic carbocycles. The summed E-state index contributed by atoms with van der Waals surface area (Å²) in [5, 5.41) is 3.49. The molecule has 0 aliphatic carbocycles. The summed E-state index contributed by atoms with van der Waals surface area (Å²) in [6.45, 7) is 7.70. The van der Waals surface area contributed by atoms with Crippen molar-refractivity contribution in [3.05, 3.63) is 24.0 Å². The number of hydrogen-bond donors (Lipinski definition) is 2. The van der Waals surface area contributed by atoms with Crippen molar-refractivity contribution in [3.8, 4) is 0 Å². The predicted molar refractivity (Wildman–Crippen MR) is 56.5 cm³/mol. The van der Waals surface area contributed by atoms with Gasteiger partial charge in [0.2, 0.25) is 0 Å². The lowest BCUT2D eigenvalue weighted by Crippen LogP contribution is -2.26. The molecule has 0 saturated heterocycles. The monoisotopic (exact) mass is 180 g/mol. The van der Waals surface area contributed by atoms with E-state index in [1.54, 1.807) is 0 Å². The van der Waals surface area contributed by atoms with Gasteiger partial charge in [0.1, 0.15) is 0 Å². The molecule has 0 amide bonds. The zero-order valence-electron chi connectivity index (χ0n) is 8.80. The highest BCUT2D eigenvalue weighted by atomic mass is 14.9. The van der Waals surface area contributed by atoms with Gasteiger partial charge in [-0.1, -0.05) is 13.8 Å². The Morgan fingerprint density at radius 2 is 2.15 bits per heavy atom. The number of nitrogens with one attached hydrogen (secondary N) is 2. The maximum absolute atomic E-state index is 3.49. The normalized spacial score (nSPS) is 13.5. The molecule has 0 bridgehead atoms. The Kier molecular flexibility index (Phi) is 4.03. The molecule has 74 valence electrons. The second kappa shape index (κ2) is 5.07. The average Bonchev–Trinajstić information content (AvgIpc) is 2.51. The SMILES string of the molecule is CC(C)CC(C)NCc1ccc[nH]1. The van der Waals surface area contributed by atoms with E-state index < -0.39 is 0 Å². The van der Waals surface area contributed by atoms with Crippen LogP contribution in [-0.2, 0) is 6.54 Å². The largest absolute Gasteiger partial charge is 0.364 e. The molecular formula is C11H20N2. The second-order valence-electron chi connectivity index (χ2n) is 4.11. The van der Waals surface area contributed by atoms with Crippen LogP contribution >= 0.6 is 0 Å². The summed E-state index contributed by atoms with van der Waals surface area (Å²) in [6, 6.07) is 4.74. The van der Waals surface area contributed by atoms with Crippen molar-refractivity contribution in [2.45, 2.75) is 39.8 Å². The van der Waals surface area contributed by atoms with E-state index >= 15 is 0 Å². The highest BCUT2D eigenvalue weighted by Crippen LogP contribution is 2.04. The van der Waals surface area contributed by atoms with Crippen LogP contribution in [0, 0.1) is 5.92 Å². The smallest absolute Gasteiger partial charge is 0.0359 e. The molecule has 0 radical (unpaired) electrons. The summed E-state index contributed by atoms with van der Waals surface area (Å²) < 4.78 is 0. The Bertz CT molecular complexity index is 214. The van der Waals surface area contributed by atoms with Gasteiger partial charge in [-0.05, 0) is 31.4 Å². The molecule has 1 unspecified atom stereocenters. The average molecular weight is 180 g/mol. The van der Waals surface area contributed by atoms with Gasteiger partial charge >= 0.3 is 0 Å². The van der Waals surface area contributed by atoms with Crippen molar-refractivity contribution < 1.29 is 0 Å². The first-order chi connectivity index (χ1) is 6.18. The Morgan fingerprint density at radius 3 is 2.69 bits per heavy atom. The molecule has 0 fully saturated rings. The Balaban J connectivity index is 2.19. The number of rotatable bonds is 5. The zero-order valence-corrected chi connectivity index (χ0v) is 8.80. The predicted octanol–water partition coefficient (Wildman–Crippen LogP) is 2.54. The fourth-order valence-electron chi connectivity index (χ4n) is 1.55. The van der Waals surface area contributed by atoms with Crippen molar-refractivity contribution in [3.63, 3.8) is 0 Å². The van der Waals surface area contributed by atoms with Crippen LogP contribution in [0.5, 0.6) is 0 Å². The number of hydrogen-bond acceptors (Lipinski definition) is 1. The summed E-state index contributed by atoms with van der Waals surface area (Å²) in [4.78, 5) is 3.18. The Hall–Kier alpha value is -0.760. The van der Waals surface area contributed by atoms with E-state index in [9.17, 15) is 0 Å². The fraction of sp³-hybridized carbons (Fsp3) is 0.636. The van der Waals surface area contributed by atoms with Gasteiger partial charge in [0, 0.05) is 24.5 Å². The lowest BCUT2D eigenvalue weighted by Gasteiger charge is -2.15. The lowest BCUT2D eigenvalue weighted by atomic mass is 10.1. The quantitative estimate of drug-likeness (QED) is 0.716. The summed E-state index contributed by atoms with van der Waals surface area (Å²) in [5.41, 5.74) is 1.26. The van der Waals surface area contributed by atoms with Gasteiger partial charge in [-0.3, -0.25) is 0 Å². The van der Waals surface area contributed by atoms with E-state index in [0.29, 0.717) is 6.04 Å². The van der Waals surface area contributed by atoms with Crippen molar-refractivity contribution in [1.29, 1.82) is 0 Å². The standard InChI is InChI=1S/C11H20N2/c1-9(2)7-10(3)13-8-11-5-4-6-12-11/h4-6,9-10,12-13H,7-8H2,1-3H3. The highest BCUT2D eigenvalue weighted by molar-refractivity contribution is 5.03. The molecule has 1 aromatic heterocycles. The summed E-state index contributed by atoms with van der Waals surface area (Å²) in [5.74, 6) is 0.770. The summed E-state index contributed by atoms with van der Waals surface area (Å²) >= 11 is 0. The van der Waals surface area contributed by atoms with E-state index in [2.05, 4.69) is 37.1 Å². The molecule has 1 aromatic rings. The first-order valence-corrected chi connectivity index (χ1v) is 5.04. The van der Waals surface area contributed by atoms with Gasteiger partial charge < -0.3 is 10.3 Å². The van der Waals surface area contributed by atoms with Crippen LogP contribution in [0.4, 0.5) is 0 Å². The van der Waals surface area contributed by atoms with Crippen LogP contribution in [-0.4, -0.2) is 11.0 Å². The molecule has 2 N–H and O–H groups in total. The molecule has 1 atom stereocenters. The molecule has 1 heterocycles. The van der Waals surface area contributed by atoms with Gasteiger partial charge in [-0.15, -0.1) is 0 Å². The Morgan fingerprint density at radius 1 is 1.38 bits per heavy atom. The molecule has 13 heavy (non-hydrogen) atoms. The molecule has 0 spiro atoms. The van der Waals surface area contributed by atoms with Gasteiger partial charge in [-0.25, -0.2) is 0 Å². The van der Waals surface area contributed by atoms with Crippen LogP contribution in [0.3, 0.4) is 0 Å². The van der Waals surface area contributed by atoms with E-state index in [-0.39, 0.29) is 0 Å². The number of aromatic nitrogens is 1. The minimum atomic E-state index is 0.600. The van der Waals surface area contributed by atoms with Gasteiger partial charge in [0.15, 0.2) is 0 Å². The van der Waals surface area contributed by atoms with Gasteiger partial charge in [0.25, 0.3) is 0 Å². The van der Waals surface area contributed by atoms with Crippen molar-refractivity contribution in [1.82, 2.24) is 10.3 Å². The van der Waals surface area contributed by atoms with Crippen LogP contribution in [0.25, 0.3) is 0 Å². The number of H-pyrrole nitrogens is 1. The van der Waals surface area contributed by atoms with Gasteiger partial charge in [-0.2, -0.15) is 0 Å². The van der Waals surface area contributed by atoms with Crippen molar-refractivity contribution >= 4 is 0 Å². The van der Waals surface area contributed by atoms with E-state index in [0.717, 1.165) is 12.5 Å². The van der Waals surface area contributed by atoms with Crippen molar-refractivity contribution in [2.75, 3.05) is 0 Å². The second-order valence-corrected chi connectivity index (χ2v) is 4.11. The molecule has 0 aliphatic heterocycles. The minimum absolute atomic E-state index is 0.600. The molecule has 2 heteroatoms. The summed E-state index contributed by atoms with van der Waals surface area (Å²) in [7, 11) is 0. The van der Waals surface area contributed by atoms with Crippen LogP contribution in [0.15, 0.2) is 18.3 Å². The van der Waals surface area contributed by atoms with E-state index in [1.807, 2.05) is 12.3 Å². The van der Waals surface area contributed by atoms with E-state index in [4.69, 9.17) is 0 Å². The molecule has 2 nitrogen and oxygen atoms in total. The van der Waals surface area contributed by atoms with Gasteiger partial charge in [0.05, 0.1) is 0 Å². The molecule has 0 saturated carbocycles. The lowest BCUT2D eigenvalue weighted by molar-refractivity contribution is 0.440.